The SMILES string of the molecule is Cc1ccc(C#N)c(NCc2ncn(C)n2)n1. The van der Waals surface area contributed by atoms with E-state index in [1.165, 1.54) is 0 Å². The van der Waals surface area contributed by atoms with E-state index in [0.717, 1.165) is 5.69 Å². The molecule has 0 aliphatic heterocycles. The van der Waals surface area contributed by atoms with E-state index in [1.54, 1.807) is 17.1 Å². The van der Waals surface area contributed by atoms with Crippen molar-refractivity contribution in [1.29, 1.82) is 5.26 Å². The van der Waals surface area contributed by atoms with Crippen LogP contribution in [0.15, 0.2) is 18.5 Å². The monoisotopic (exact) mass is 228 g/mol. The number of rotatable bonds is 3. The fourth-order valence-corrected chi connectivity index (χ4v) is 1.41. The van der Waals surface area contributed by atoms with Crippen molar-refractivity contribution in [3.63, 3.8) is 0 Å². The van der Waals surface area contributed by atoms with Gasteiger partial charge in [-0.2, -0.15) is 10.4 Å². The summed E-state index contributed by atoms with van der Waals surface area (Å²) in [5.41, 5.74) is 1.38. The fraction of sp³-hybridized carbons (Fsp3) is 0.273. The third-order valence-corrected chi connectivity index (χ3v) is 2.22. The van der Waals surface area contributed by atoms with Gasteiger partial charge in [0.15, 0.2) is 5.82 Å². The van der Waals surface area contributed by atoms with Crippen molar-refractivity contribution >= 4 is 5.82 Å². The first-order valence-corrected chi connectivity index (χ1v) is 5.15. The second kappa shape index (κ2) is 4.61. The summed E-state index contributed by atoms with van der Waals surface area (Å²) in [5.74, 6) is 1.24. The van der Waals surface area contributed by atoms with Crippen LogP contribution < -0.4 is 5.32 Å². The lowest BCUT2D eigenvalue weighted by atomic mass is 10.2. The summed E-state index contributed by atoms with van der Waals surface area (Å²) in [6.07, 6.45) is 1.63. The van der Waals surface area contributed by atoms with Gasteiger partial charge in [-0.25, -0.2) is 9.97 Å². The van der Waals surface area contributed by atoms with Crippen LogP contribution in [-0.2, 0) is 13.6 Å². The standard InChI is InChI=1S/C11H12N6/c1-8-3-4-9(5-12)11(15-8)13-6-10-14-7-17(2)16-10/h3-4,7H,6H2,1-2H3,(H,13,15). The van der Waals surface area contributed by atoms with Crippen LogP contribution in [0.5, 0.6) is 0 Å². The summed E-state index contributed by atoms with van der Waals surface area (Å²) >= 11 is 0. The number of aromatic nitrogens is 4. The summed E-state index contributed by atoms with van der Waals surface area (Å²) in [4.78, 5) is 8.36. The predicted octanol–water partition coefficient (Wildman–Crippen LogP) is 1.00. The molecular weight excluding hydrogens is 216 g/mol. The van der Waals surface area contributed by atoms with Crippen molar-refractivity contribution in [3.8, 4) is 6.07 Å². The van der Waals surface area contributed by atoms with Crippen LogP contribution in [0.1, 0.15) is 17.1 Å². The Morgan fingerprint density at radius 2 is 2.29 bits per heavy atom. The van der Waals surface area contributed by atoms with E-state index in [9.17, 15) is 0 Å². The van der Waals surface area contributed by atoms with Gasteiger partial charge in [-0.05, 0) is 19.1 Å². The molecule has 0 saturated carbocycles. The van der Waals surface area contributed by atoms with Crippen molar-refractivity contribution in [2.75, 3.05) is 5.32 Å². The molecule has 0 spiro atoms. The molecule has 0 aromatic carbocycles. The molecule has 6 heteroatoms. The number of hydrogen-bond acceptors (Lipinski definition) is 5. The number of nitrogens with one attached hydrogen (secondary N) is 1. The molecule has 2 aromatic heterocycles. The van der Waals surface area contributed by atoms with Crippen LogP contribution in [0.3, 0.4) is 0 Å². The molecule has 0 aliphatic rings. The molecule has 0 bridgehead atoms. The van der Waals surface area contributed by atoms with Gasteiger partial charge < -0.3 is 5.32 Å². The maximum Gasteiger partial charge on any atom is 0.169 e. The highest BCUT2D eigenvalue weighted by atomic mass is 15.3. The molecule has 6 nitrogen and oxygen atoms in total. The van der Waals surface area contributed by atoms with Gasteiger partial charge in [0.2, 0.25) is 0 Å². The average Bonchev–Trinajstić information content (AvgIpc) is 2.73. The van der Waals surface area contributed by atoms with E-state index in [-0.39, 0.29) is 0 Å². The zero-order valence-corrected chi connectivity index (χ0v) is 9.68. The minimum Gasteiger partial charge on any atom is -0.362 e. The van der Waals surface area contributed by atoms with Gasteiger partial charge in [-0.1, -0.05) is 0 Å². The number of nitrogens with zero attached hydrogens (tertiary/aromatic N) is 5. The van der Waals surface area contributed by atoms with Crippen LogP contribution in [0.4, 0.5) is 5.82 Å². The number of anilines is 1. The van der Waals surface area contributed by atoms with Crippen molar-refractivity contribution in [1.82, 2.24) is 19.7 Å². The minimum atomic E-state index is 0.450. The molecular formula is C11H12N6. The molecule has 0 unspecified atom stereocenters. The van der Waals surface area contributed by atoms with Crippen LogP contribution in [-0.4, -0.2) is 19.7 Å². The Kier molecular flexibility index (Phi) is 3.01. The van der Waals surface area contributed by atoms with E-state index >= 15 is 0 Å². The highest BCUT2D eigenvalue weighted by molar-refractivity contribution is 5.52. The molecule has 0 aliphatic carbocycles. The first-order chi connectivity index (χ1) is 8.19. The molecule has 0 fully saturated rings. The average molecular weight is 228 g/mol. The van der Waals surface area contributed by atoms with Gasteiger partial charge >= 0.3 is 0 Å². The highest BCUT2D eigenvalue weighted by Gasteiger charge is 2.05. The molecule has 0 radical (unpaired) electrons. The van der Waals surface area contributed by atoms with Crippen molar-refractivity contribution in [2.45, 2.75) is 13.5 Å². The molecule has 2 heterocycles. The van der Waals surface area contributed by atoms with Gasteiger partial charge in [-0.3, -0.25) is 4.68 Å². The zero-order valence-electron chi connectivity index (χ0n) is 9.68. The molecule has 0 atom stereocenters. The lowest BCUT2D eigenvalue weighted by molar-refractivity contribution is 0.747. The van der Waals surface area contributed by atoms with E-state index < -0.39 is 0 Å². The van der Waals surface area contributed by atoms with E-state index in [0.29, 0.717) is 23.8 Å². The number of aryl methyl sites for hydroxylation is 2. The van der Waals surface area contributed by atoms with Gasteiger partial charge in [-0.15, -0.1) is 0 Å². The highest BCUT2D eigenvalue weighted by Crippen LogP contribution is 2.12. The van der Waals surface area contributed by atoms with Crippen molar-refractivity contribution < 1.29 is 0 Å². The van der Waals surface area contributed by atoms with E-state index in [4.69, 9.17) is 5.26 Å². The number of nitriles is 1. The molecule has 0 amide bonds. The van der Waals surface area contributed by atoms with E-state index in [2.05, 4.69) is 26.5 Å². The quantitative estimate of drug-likeness (QED) is 0.847. The first-order valence-electron chi connectivity index (χ1n) is 5.15. The summed E-state index contributed by atoms with van der Waals surface area (Å²) < 4.78 is 1.63. The van der Waals surface area contributed by atoms with Gasteiger partial charge in [0, 0.05) is 12.7 Å². The maximum absolute atomic E-state index is 8.95. The van der Waals surface area contributed by atoms with Gasteiger partial charge in [0.1, 0.15) is 18.2 Å². The third kappa shape index (κ3) is 2.58. The van der Waals surface area contributed by atoms with Crippen LogP contribution in [0.2, 0.25) is 0 Å². The predicted molar refractivity (Wildman–Crippen MR) is 62.0 cm³/mol. The summed E-state index contributed by atoms with van der Waals surface area (Å²) in [6.45, 7) is 2.33. The molecule has 2 rings (SSSR count). The van der Waals surface area contributed by atoms with Crippen LogP contribution in [0, 0.1) is 18.3 Å². The number of hydrogen-bond donors (Lipinski definition) is 1. The Balaban J connectivity index is 2.13. The summed E-state index contributed by atoms with van der Waals surface area (Å²) in [7, 11) is 1.81. The first kappa shape index (κ1) is 11.1. The normalized spacial score (nSPS) is 9.94. The fourth-order valence-electron chi connectivity index (χ4n) is 1.41. The molecule has 86 valence electrons. The van der Waals surface area contributed by atoms with Crippen LogP contribution in [0.25, 0.3) is 0 Å². The maximum atomic E-state index is 8.95. The van der Waals surface area contributed by atoms with Crippen molar-refractivity contribution in [2.24, 2.45) is 7.05 Å². The largest absolute Gasteiger partial charge is 0.362 e. The third-order valence-electron chi connectivity index (χ3n) is 2.22. The Morgan fingerprint density at radius 1 is 1.47 bits per heavy atom. The molecule has 1 N–H and O–H groups in total. The van der Waals surface area contributed by atoms with Crippen LogP contribution >= 0.6 is 0 Å². The lowest BCUT2D eigenvalue weighted by Crippen LogP contribution is -2.06. The second-order valence-electron chi connectivity index (χ2n) is 3.65. The second-order valence-corrected chi connectivity index (χ2v) is 3.65. The molecule has 17 heavy (non-hydrogen) atoms. The Bertz CT molecular complexity index is 566. The lowest BCUT2D eigenvalue weighted by Gasteiger charge is -2.05. The zero-order chi connectivity index (χ0) is 12.3. The summed E-state index contributed by atoms with van der Waals surface area (Å²) in [6, 6.07) is 5.65. The van der Waals surface area contributed by atoms with Gasteiger partial charge in [0.05, 0.1) is 12.1 Å². The number of pyridine rings is 1. The molecule has 0 saturated heterocycles. The smallest absolute Gasteiger partial charge is 0.169 e. The Labute approximate surface area is 98.9 Å². The topological polar surface area (TPSA) is 79.4 Å². The van der Waals surface area contributed by atoms with E-state index in [1.807, 2.05) is 20.0 Å². The Morgan fingerprint density at radius 3 is 2.94 bits per heavy atom. The summed E-state index contributed by atoms with van der Waals surface area (Å²) in [5, 5.41) is 16.1. The van der Waals surface area contributed by atoms with Gasteiger partial charge in [0.25, 0.3) is 0 Å². The van der Waals surface area contributed by atoms with Crippen molar-refractivity contribution in [3.05, 3.63) is 35.5 Å². The minimum absolute atomic E-state index is 0.450. The Hall–Kier alpha value is -2.42. The molecule has 2 aromatic rings.